The van der Waals surface area contributed by atoms with Gasteiger partial charge in [0.25, 0.3) is 11.8 Å². The van der Waals surface area contributed by atoms with Crippen molar-refractivity contribution in [2.24, 2.45) is 4.99 Å². The molecule has 12 heteroatoms. The van der Waals surface area contributed by atoms with Crippen molar-refractivity contribution in [2.45, 2.75) is 6.17 Å². The van der Waals surface area contributed by atoms with Crippen molar-refractivity contribution < 1.29 is 13.9 Å². The van der Waals surface area contributed by atoms with Crippen LogP contribution in [0.4, 0.5) is 16.7 Å². The van der Waals surface area contributed by atoms with Crippen molar-refractivity contribution in [1.82, 2.24) is 19.8 Å². The number of ether oxygens (including phenoxy) is 1. The van der Waals surface area contributed by atoms with Gasteiger partial charge in [-0.1, -0.05) is 58.1 Å². The zero-order valence-electron chi connectivity index (χ0n) is 18.4. The Morgan fingerprint density at radius 3 is 2.66 bits per heavy atom. The molecule has 6 rings (SSSR count). The van der Waals surface area contributed by atoms with Gasteiger partial charge in [-0.15, -0.1) is 10.2 Å². The lowest BCUT2D eigenvalue weighted by Crippen LogP contribution is -2.35. The summed E-state index contributed by atoms with van der Waals surface area (Å²) in [6, 6.07) is 17.3. The summed E-state index contributed by atoms with van der Waals surface area (Å²) in [7, 11) is 0. The van der Waals surface area contributed by atoms with Gasteiger partial charge in [-0.2, -0.15) is 0 Å². The number of anilines is 3. The molecule has 11 nitrogen and oxygen atoms in total. The number of nitrogens with one attached hydrogen (secondary N) is 2. The Hall–Kier alpha value is -4.16. The Kier molecular flexibility index (Phi) is 5.64. The molecule has 0 spiro atoms. The lowest BCUT2D eigenvalue weighted by atomic mass is 10.0. The second-order valence-corrected chi connectivity index (χ2v) is 8.60. The maximum absolute atomic E-state index is 13.0. The number of carbonyl (C=O) groups excluding carboxylic acids is 1. The maximum atomic E-state index is 13.0. The van der Waals surface area contributed by atoms with Crippen molar-refractivity contribution in [3.63, 3.8) is 0 Å². The average Bonchev–Trinajstić information content (AvgIpc) is 3.55. The molecular weight excluding hydrogens is 468 g/mol. The number of aliphatic imine (C=N–C) groups is 1. The number of fused-ring (bicyclic) bond motifs is 1. The number of benzodiazepines with no additional fused rings is 1. The SMILES string of the molecule is O=C1Nc2ccccc2C(c2ccccc2)=N[C@@H]1Nc1nnc(-c2nnsc2N2CCOCC2)o1. The Morgan fingerprint density at radius 2 is 1.80 bits per heavy atom. The van der Waals surface area contributed by atoms with Gasteiger partial charge in [0.15, 0.2) is 5.69 Å². The molecule has 2 aliphatic rings. The standard InChI is InChI=1S/C23H20N8O3S/c32-20-19(25-17(14-6-2-1-3-7-14)15-8-4-5-9-16(15)24-20)26-23-29-28-21(34-23)18-22(35-30-27-18)31-10-12-33-13-11-31/h1-9,19H,10-13H2,(H,24,32)(H,26,29)/t19-/m1/s1. The van der Waals surface area contributed by atoms with Crippen LogP contribution in [-0.4, -0.2) is 63.9 Å². The molecule has 35 heavy (non-hydrogen) atoms. The number of morpholine rings is 1. The summed E-state index contributed by atoms with van der Waals surface area (Å²) < 4.78 is 15.3. The monoisotopic (exact) mass is 488 g/mol. The minimum Gasteiger partial charge on any atom is -0.401 e. The first-order valence-corrected chi connectivity index (χ1v) is 11.8. The number of para-hydroxylation sites is 1. The van der Waals surface area contributed by atoms with E-state index >= 15 is 0 Å². The molecular formula is C23H20N8O3S. The number of nitrogens with zero attached hydrogens (tertiary/aromatic N) is 6. The fourth-order valence-corrected chi connectivity index (χ4v) is 4.68. The van der Waals surface area contributed by atoms with Crippen LogP contribution in [0.15, 0.2) is 64.0 Å². The molecule has 1 fully saturated rings. The van der Waals surface area contributed by atoms with Crippen LogP contribution >= 0.6 is 11.5 Å². The summed E-state index contributed by atoms with van der Waals surface area (Å²) in [5.41, 5.74) is 3.57. The molecule has 1 atom stereocenters. The summed E-state index contributed by atoms with van der Waals surface area (Å²) in [4.78, 5) is 19.9. The Bertz CT molecular complexity index is 1380. The summed E-state index contributed by atoms with van der Waals surface area (Å²) in [5.74, 6) is -0.125. The van der Waals surface area contributed by atoms with E-state index in [0.29, 0.717) is 30.3 Å². The van der Waals surface area contributed by atoms with E-state index in [-0.39, 0.29) is 17.8 Å². The average molecular weight is 489 g/mol. The third kappa shape index (κ3) is 4.24. The predicted molar refractivity (Wildman–Crippen MR) is 131 cm³/mol. The molecule has 4 heterocycles. The van der Waals surface area contributed by atoms with Crippen LogP contribution in [0, 0.1) is 0 Å². The largest absolute Gasteiger partial charge is 0.401 e. The van der Waals surface area contributed by atoms with Gasteiger partial charge in [-0.05, 0) is 6.07 Å². The molecule has 0 saturated carbocycles. The highest BCUT2D eigenvalue weighted by molar-refractivity contribution is 7.10. The van der Waals surface area contributed by atoms with E-state index in [2.05, 4.69) is 35.3 Å². The molecule has 0 radical (unpaired) electrons. The zero-order valence-corrected chi connectivity index (χ0v) is 19.2. The van der Waals surface area contributed by atoms with E-state index in [0.717, 1.165) is 29.2 Å². The molecule has 0 bridgehead atoms. The Morgan fingerprint density at radius 1 is 1.00 bits per heavy atom. The van der Waals surface area contributed by atoms with Crippen LogP contribution < -0.4 is 15.5 Å². The van der Waals surface area contributed by atoms with Gasteiger partial charge in [0.2, 0.25) is 6.17 Å². The van der Waals surface area contributed by atoms with Crippen molar-refractivity contribution in [3.8, 4) is 11.6 Å². The molecule has 0 aliphatic carbocycles. The fraction of sp³-hybridized carbons (Fsp3) is 0.217. The lowest BCUT2D eigenvalue weighted by molar-refractivity contribution is -0.116. The fourth-order valence-electron chi connectivity index (χ4n) is 3.97. The van der Waals surface area contributed by atoms with Gasteiger partial charge in [0.1, 0.15) is 5.00 Å². The molecule has 2 N–H and O–H groups in total. The van der Waals surface area contributed by atoms with Gasteiger partial charge >= 0.3 is 6.01 Å². The van der Waals surface area contributed by atoms with Gasteiger partial charge in [0, 0.05) is 35.7 Å². The van der Waals surface area contributed by atoms with Crippen molar-refractivity contribution in [3.05, 3.63) is 65.7 Å². The topological polar surface area (TPSA) is 131 Å². The van der Waals surface area contributed by atoms with Crippen LogP contribution in [0.25, 0.3) is 11.6 Å². The van der Waals surface area contributed by atoms with Gasteiger partial charge in [0.05, 0.1) is 24.6 Å². The second-order valence-electron chi connectivity index (χ2n) is 7.86. The van der Waals surface area contributed by atoms with Crippen molar-refractivity contribution in [1.29, 1.82) is 0 Å². The van der Waals surface area contributed by atoms with Gasteiger partial charge < -0.3 is 24.7 Å². The van der Waals surface area contributed by atoms with E-state index in [1.165, 1.54) is 11.5 Å². The van der Waals surface area contributed by atoms with Crippen LogP contribution in [0.1, 0.15) is 11.1 Å². The number of hydrogen-bond acceptors (Lipinski definition) is 11. The highest BCUT2D eigenvalue weighted by atomic mass is 32.1. The van der Waals surface area contributed by atoms with E-state index in [9.17, 15) is 4.79 Å². The second kappa shape index (κ2) is 9.24. The van der Waals surface area contributed by atoms with E-state index in [1.807, 2.05) is 54.6 Å². The molecule has 2 aromatic heterocycles. The minimum atomic E-state index is -0.988. The Labute approximate surface area is 204 Å². The minimum absolute atomic E-state index is 0.0585. The third-order valence-corrected chi connectivity index (χ3v) is 6.44. The van der Waals surface area contributed by atoms with Gasteiger partial charge in [-0.3, -0.25) is 4.79 Å². The normalized spacial score (nSPS) is 17.8. The highest BCUT2D eigenvalue weighted by Gasteiger charge is 2.28. The summed E-state index contributed by atoms with van der Waals surface area (Å²) in [6.07, 6.45) is -0.988. The van der Waals surface area contributed by atoms with Crippen LogP contribution in [-0.2, 0) is 9.53 Å². The van der Waals surface area contributed by atoms with Crippen molar-refractivity contribution >= 4 is 39.9 Å². The number of rotatable bonds is 5. The smallest absolute Gasteiger partial charge is 0.317 e. The molecule has 4 aromatic rings. The van der Waals surface area contributed by atoms with Crippen LogP contribution in [0.5, 0.6) is 0 Å². The summed E-state index contributed by atoms with van der Waals surface area (Å²) in [5, 5.41) is 19.1. The van der Waals surface area contributed by atoms with Crippen LogP contribution in [0.2, 0.25) is 0 Å². The highest BCUT2D eigenvalue weighted by Crippen LogP contribution is 2.33. The lowest BCUT2D eigenvalue weighted by Gasteiger charge is -2.26. The number of hydrogen-bond donors (Lipinski definition) is 2. The molecule has 1 saturated heterocycles. The maximum Gasteiger partial charge on any atom is 0.317 e. The number of benzene rings is 2. The first kappa shape index (κ1) is 21.4. The van der Waals surface area contributed by atoms with Gasteiger partial charge in [-0.25, -0.2) is 4.99 Å². The number of carbonyl (C=O) groups is 1. The van der Waals surface area contributed by atoms with E-state index in [1.54, 1.807) is 0 Å². The Balaban J connectivity index is 1.30. The van der Waals surface area contributed by atoms with Crippen LogP contribution in [0.3, 0.4) is 0 Å². The van der Waals surface area contributed by atoms with E-state index < -0.39 is 6.17 Å². The summed E-state index contributed by atoms with van der Waals surface area (Å²) in [6.45, 7) is 2.73. The first-order valence-electron chi connectivity index (χ1n) is 11.1. The zero-order chi connectivity index (χ0) is 23.6. The molecule has 2 aromatic carbocycles. The molecule has 1 amide bonds. The quantitative estimate of drug-likeness (QED) is 0.435. The third-order valence-electron chi connectivity index (χ3n) is 5.65. The summed E-state index contributed by atoms with van der Waals surface area (Å²) >= 11 is 1.26. The predicted octanol–water partition coefficient (Wildman–Crippen LogP) is 2.65. The van der Waals surface area contributed by atoms with E-state index in [4.69, 9.17) is 14.1 Å². The molecule has 0 unspecified atom stereocenters. The number of aromatic nitrogens is 4. The molecule has 2 aliphatic heterocycles. The first-order chi connectivity index (χ1) is 17.3. The molecule has 176 valence electrons. The van der Waals surface area contributed by atoms with Crippen molar-refractivity contribution in [2.75, 3.05) is 41.8 Å². The number of amides is 1.